The van der Waals surface area contributed by atoms with Crippen molar-refractivity contribution in [3.8, 4) is 17.1 Å². The van der Waals surface area contributed by atoms with E-state index in [4.69, 9.17) is 4.52 Å². The van der Waals surface area contributed by atoms with Crippen LogP contribution >= 0.6 is 0 Å². The van der Waals surface area contributed by atoms with E-state index in [2.05, 4.69) is 20.5 Å². The van der Waals surface area contributed by atoms with Gasteiger partial charge in [-0.25, -0.2) is 0 Å². The molecule has 0 saturated carbocycles. The van der Waals surface area contributed by atoms with Crippen molar-refractivity contribution in [1.82, 2.24) is 10.5 Å². The summed E-state index contributed by atoms with van der Waals surface area (Å²) in [5.41, 5.74) is 1.44. The molecular formula is C20H17F2N3O4. The largest absolute Gasteiger partial charge is 0.434 e. The molecule has 29 heavy (non-hydrogen) atoms. The fourth-order valence-electron chi connectivity index (χ4n) is 2.54. The van der Waals surface area contributed by atoms with Gasteiger partial charge < -0.3 is 19.9 Å². The lowest BCUT2D eigenvalue weighted by atomic mass is 10.1. The molecule has 0 fully saturated rings. The highest BCUT2D eigenvalue weighted by Gasteiger charge is 2.16. The fourth-order valence-corrected chi connectivity index (χ4v) is 2.54. The summed E-state index contributed by atoms with van der Waals surface area (Å²) in [5.74, 6) is -0.746. The van der Waals surface area contributed by atoms with Gasteiger partial charge >= 0.3 is 6.61 Å². The van der Waals surface area contributed by atoms with Gasteiger partial charge in [-0.15, -0.1) is 0 Å². The Labute approximate surface area is 164 Å². The van der Waals surface area contributed by atoms with Crippen molar-refractivity contribution in [2.75, 3.05) is 11.9 Å². The number of alkyl halides is 2. The van der Waals surface area contributed by atoms with Crippen molar-refractivity contribution >= 4 is 17.5 Å². The third-order valence-corrected chi connectivity index (χ3v) is 3.98. The molecule has 3 aromatic rings. The Bertz CT molecular complexity index is 1010. The Hall–Kier alpha value is -3.75. The average molecular weight is 401 g/mol. The lowest BCUT2D eigenvalue weighted by Gasteiger charge is -2.13. The highest BCUT2D eigenvalue weighted by molar-refractivity contribution is 5.99. The van der Waals surface area contributed by atoms with E-state index in [1.54, 1.807) is 0 Å². The first-order chi connectivity index (χ1) is 13.9. The van der Waals surface area contributed by atoms with Gasteiger partial charge in [0.25, 0.3) is 5.91 Å². The van der Waals surface area contributed by atoms with E-state index < -0.39 is 18.4 Å². The lowest BCUT2D eigenvalue weighted by Crippen LogP contribution is -2.33. The van der Waals surface area contributed by atoms with Crippen LogP contribution < -0.4 is 15.4 Å². The van der Waals surface area contributed by atoms with Crippen molar-refractivity contribution < 1.29 is 27.6 Å². The van der Waals surface area contributed by atoms with Crippen LogP contribution in [0.2, 0.25) is 0 Å². The van der Waals surface area contributed by atoms with Crippen LogP contribution in [0.15, 0.2) is 59.1 Å². The highest BCUT2D eigenvalue weighted by atomic mass is 19.3. The molecule has 0 atom stereocenters. The van der Waals surface area contributed by atoms with Crippen molar-refractivity contribution in [2.24, 2.45) is 0 Å². The lowest BCUT2D eigenvalue weighted by molar-refractivity contribution is -0.115. The molecule has 0 aliphatic rings. The van der Waals surface area contributed by atoms with Crippen LogP contribution in [0.1, 0.15) is 16.1 Å². The predicted octanol–water partition coefficient (Wildman–Crippen LogP) is 3.62. The van der Waals surface area contributed by atoms with Gasteiger partial charge in [-0.05, 0) is 19.1 Å². The number of amides is 2. The van der Waals surface area contributed by atoms with Gasteiger partial charge in [-0.3, -0.25) is 9.59 Å². The minimum absolute atomic E-state index is 0.0279. The molecule has 0 radical (unpaired) electrons. The van der Waals surface area contributed by atoms with Crippen LogP contribution in [0.25, 0.3) is 11.3 Å². The zero-order chi connectivity index (χ0) is 20.8. The zero-order valence-corrected chi connectivity index (χ0v) is 15.3. The maximum absolute atomic E-state index is 12.4. The summed E-state index contributed by atoms with van der Waals surface area (Å²) in [5, 5.41) is 8.67. The highest BCUT2D eigenvalue weighted by Crippen LogP contribution is 2.26. The number of hydrogen-bond acceptors (Lipinski definition) is 5. The Morgan fingerprint density at radius 3 is 2.62 bits per heavy atom. The number of hydrogen-bond donors (Lipinski definition) is 2. The molecule has 0 aliphatic heterocycles. The second kappa shape index (κ2) is 8.96. The van der Waals surface area contributed by atoms with Crippen LogP contribution in [0, 0.1) is 6.92 Å². The number of halogens is 2. The quantitative estimate of drug-likeness (QED) is 0.631. The molecule has 2 N–H and O–H groups in total. The van der Waals surface area contributed by atoms with Crippen LogP contribution in [0.4, 0.5) is 14.5 Å². The van der Waals surface area contributed by atoms with Crippen molar-refractivity contribution in [3.63, 3.8) is 0 Å². The smallest absolute Gasteiger partial charge is 0.387 e. The molecule has 0 aliphatic carbocycles. The first-order valence-electron chi connectivity index (χ1n) is 8.58. The Morgan fingerprint density at radius 2 is 1.90 bits per heavy atom. The van der Waals surface area contributed by atoms with Crippen molar-refractivity contribution in [3.05, 3.63) is 65.9 Å². The first-order valence-corrected chi connectivity index (χ1v) is 8.58. The Balaban J connectivity index is 1.57. The van der Waals surface area contributed by atoms with Crippen LogP contribution in [-0.4, -0.2) is 30.1 Å². The summed E-state index contributed by atoms with van der Waals surface area (Å²) in [6.45, 7) is -1.78. The third kappa shape index (κ3) is 5.16. The molecular weight excluding hydrogens is 384 g/mol. The molecule has 1 aromatic heterocycles. The predicted molar refractivity (Wildman–Crippen MR) is 101 cm³/mol. The minimum atomic E-state index is -2.97. The normalized spacial score (nSPS) is 10.6. The molecule has 3 rings (SSSR count). The molecule has 2 amide bonds. The molecule has 0 saturated heterocycles. The number of aromatic nitrogens is 1. The van der Waals surface area contributed by atoms with Crippen LogP contribution in [0.5, 0.6) is 5.75 Å². The molecule has 0 bridgehead atoms. The number of benzene rings is 2. The summed E-state index contributed by atoms with van der Waals surface area (Å²) in [4.78, 5) is 24.3. The SMILES string of the molecule is Cc1c(NC(=O)CNC(=O)c2cc(-c3ccccc3)on2)cccc1OC(F)F. The second-order valence-electron chi connectivity index (χ2n) is 5.98. The van der Waals surface area contributed by atoms with E-state index in [0.29, 0.717) is 17.0 Å². The van der Waals surface area contributed by atoms with Gasteiger partial charge in [0, 0.05) is 22.9 Å². The van der Waals surface area contributed by atoms with Gasteiger partial charge in [-0.2, -0.15) is 8.78 Å². The van der Waals surface area contributed by atoms with E-state index in [0.717, 1.165) is 5.56 Å². The maximum atomic E-state index is 12.4. The van der Waals surface area contributed by atoms with E-state index in [9.17, 15) is 18.4 Å². The molecule has 7 nitrogen and oxygen atoms in total. The maximum Gasteiger partial charge on any atom is 0.387 e. The van der Waals surface area contributed by atoms with E-state index >= 15 is 0 Å². The number of carbonyl (C=O) groups excluding carboxylic acids is 2. The monoisotopic (exact) mass is 401 g/mol. The second-order valence-corrected chi connectivity index (χ2v) is 5.98. The van der Waals surface area contributed by atoms with E-state index in [1.807, 2.05) is 30.3 Å². The van der Waals surface area contributed by atoms with Crippen molar-refractivity contribution in [1.29, 1.82) is 0 Å². The number of ether oxygens (including phenoxy) is 1. The topological polar surface area (TPSA) is 93.5 Å². The number of carbonyl (C=O) groups is 2. The average Bonchev–Trinajstić information content (AvgIpc) is 3.20. The number of anilines is 1. The van der Waals surface area contributed by atoms with Crippen molar-refractivity contribution in [2.45, 2.75) is 13.5 Å². The zero-order valence-electron chi connectivity index (χ0n) is 15.3. The van der Waals surface area contributed by atoms with E-state index in [1.165, 1.54) is 31.2 Å². The summed E-state index contributed by atoms with van der Waals surface area (Å²) in [6, 6.07) is 15.0. The summed E-state index contributed by atoms with van der Waals surface area (Å²) < 4.78 is 34.3. The molecule has 0 spiro atoms. The molecule has 150 valence electrons. The summed E-state index contributed by atoms with van der Waals surface area (Å²) >= 11 is 0. The number of nitrogens with zero attached hydrogens (tertiary/aromatic N) is 1. The minimum Gasteiger partial charge on any atom is -0.434 e. The number of rotatable bonds is 7. The van der Waals surface area contributed by atoms with Gasteiger partial charge in [-0.1, -0.05) is 41.6 Å². The molecule has 1 heterocycles. The number of nitrogens with one attached hydrogen (secondary N) is 2. The van der Waals surface area contributed by atoms with Gasteiger partial charge in [0.1, 0.15) is 5.75 Å². The van der Waals surface area contributed by atoms with Gasteiger partial charge in [0.2, 0.25) is 5.91 Å². The molecule has 0 unspecified atom stereocenters. The van der Waals surface area contributed by atoms with Crippen LogP contribution in [-0.2, 0) is 4.79 Å². The Morgan fingerprint density at radius 1 is 1.14 bits per heavy atom. The Kier molecular flexibility index (Phi) is 6.18. The summed E-state index contributed by atoms with van der Waals surface area (Å²) in [6.07, 6.45) is 0. The fraction of sp³-hybridized carbons (Fsp3) is 0.150. The third-order valence-electron chi connectivity index (χ3n) is 3.98. The molecule has 9 heteroatoms. The molecule has 2 aromatic carbocycles. The van der Waals surface area contributed by atoms with E-state index in [-0.39, 0.29) is 18.0 Å². The van der Waals surface area contributed by atoms with Gasteiger partial charge in [0.05, 0.1) is 6.54 Å². The standard InChI is InChI=1S/C20H17F2N3O4/c1-12-14(8-5-9-16(12)28-20(21)22)24-18(26)11-23-19(27)15-10-17(29-25-15)13-6-3-2-4-7-13/h2-10,20H,11H2,1H3,(H,23,27)(H,24,26). The van der Waals surface area contributed by atoms with Crippen LogP contribution in [0.3, 0.4) is 0 Å². The first kappa shape index (κ1) is 20.0. The van der Waals surface area contributed by atoms with Gasteiger partial charge in [0.15, 0.2) is 11.5 Å². The summed E-state index contributed by atoms with van der Waals surface area (Å²) in [7, 11) is 0.